The first-order chi connectivity index (χ1) is 12.7. The van der Waals surface area contributed by atoms with Gasteiger partial charge in [0.1, 0.15) is 16.5 Å². The van der Waals surface area contributed by atoms with E-state index in [2.05, 4.69) is 9.97 Å². The van der Waals surface area contributed by atoms with E-state index in [9.17, 15) is 4.79 Å². The number of hydrogen-bond acceptors (Lipinski definition) is 5. The molecule has 1 aromatic heterocycles. The third-order valence-corrected chi connectivity index (χ3v) is 4.70. The lowest BCUT2D eigenvalue weighted by atomic mass is 10.1. The van der Waals surface area contributed by atoms with E-state index in [0.717, 1.165) is 27.7 Å². The van der Waals surface area contributed by atoms with Crippen LogP contribution in [0.15, 0.2) is 65.8 Å². The van der Waals surface area contributed by atoms with Gasteiger partial charge in [-0.25, -0.2) is 4.98 Å². The van der Waals surface area contributed by atoms with E-state index in [4.69, 9.17) is 4.74 Å². The number of thioether (sulfide) groups is 1. The van der Waals surface area contributed by atoms with Gasteiger partial charge in [0.15, 0.2) is 5.78 Å². The van der Waals surface area contributed by atoms with Crippen molar-refractivity contribution in [3.8, 4) is 17.0 Å². The molecule has 0 N–H and O–H groups in total. The smallest absolute Gasteiger partial charge is 0.173 e. The highest BCUT2D eigenvalue weighted by Crippen LogP contribution is 2.30. The lowest BCUT2D eigenvalue weighted by Gasteiger charge is -2.09. The Bertz CT molecular complexity index is 880. The molecule has 4 nitrogen and oxygen atoms in total. The normalized spacial score (nSPS) is 10.5. The average molecular weight is 364 g/mol. The van der Waals surface area contributed by atoms with Gasteiger partial charge in [0, 0.05) is 17.3 Å². The molecule has 3 rings (SSSR count). The zero-order valence-electron chi connectivity index (χ0n) is 14.8. The van der Waals surface area contributed by atoms with E-state index >= 15 is 0 Å². The Morgan fingerprint density at radius 1 is 1.08 bits per heavy atom. The fourth-order valence-corrected chi connectivity index (χ4v) is 3.42. The SMILES string of the molecule is CCOc1ccc(-c2ncc(C)nc2SCC(=O)c2ccccc2)cc1. The molecule has 0 spiro atoms. The minimum Gasteiger partial charge on any atom is -0.494 e. The quantitative estimate of drug-likeness (QED) is 0.444. The lowest BCUT2D eigenvalue weighted by molar-refractivity contribution is 0.102. The maximum atomic E-state index is 12.4. The third kappa shape index (κ3) is 4.49. The summed E-state index contributed by atoms with van der Waals surface area (Å²) in [6.07, 6.45) is 1.74. The van der Waals surface area contributed by atoms with Crippen molar-refractivity contribution in [3.63, 3.8) is 0 Å². The second-order valence-electron chi connectivity index (χ2n) is 5.70. The summed E-state index contributed by atoms with van der Waals surface area (Å²) in [6.45, 7) is 4.49. The van der Waals surface area contributed by atoms with Crippen molar-refractivity contribution < 1.29 is 9.53 Å². The highest BCUT2D eigenvalue weighted by atomic mass is 32.2. The Balaban J connectivity index is 1.81. The molecule has 0 saturated carbocycles. The van der Waals surface area contributed by atoms with E-state index in [1.165, 1.54) is 11.8 Å². The molecule has 0 aliphatic heterocycles. The van der Waals surface area contributed by atoms with Gasteiger partial charge >= 0.3 is 0 Å². The maximum absolute atomic E-state index is 12.4. The zero-order chi connectivity index (χ0) is 18.4. The van der Waals surface area contributed by atoms with Gasteiger partial charge in [-0.1, -0.05) is 42.1 Å². The monoisotopic (exact) mass is 364 g/mol. The van der Waals surface area contributed by atoms with Gasteiger partial charge in [-0.2, -0.15) is 0 Å². The summed E-state index contributed by atoms with van der Waals surface area (Å²) in [5.41, 5.74) is 3.28. The summed E-state index contributed by atoms with van der Waals surface area (Å²) in [6, 6.07) is 17.1. The molecular formula is C21H20N2O2S. The summed E-state index contributed by atoms with van der Waals surface area (Å²) >= 11 is 1.42. The van der Waals surface area contributed by atoms with E-state index in [-0.39, 0.29) is 5.78 Å². The highest BCUT2D eigenvalue weighted by molar-refractivity contribution is 8.00. The van der Waals surface area contributed by atoms with Gasteiger partial charge in [-0.15, -0.1) is 0 Å². The maximum Gasteiger partial charge on any atom is 0.173 e. The molecule has 0 unspecified atom stereocenters. The molecule has 0 atom stereocenters. The molecular weight excluding hydrogens is 344 g/mol. The van der Waals surface area contributed by atoms with Crippen LogP contribution in [-0.4, -0.2) is 28.1 Å². The number of ketones is 1. The number of nitrogens with zero attached hydrogens (tertiary/aromatic N) is 2. The van der Waals surface area contributed by atoms with Gasteiger partial charge in [0.25, 0.3) is 0 Å². The minimum atomic E-state index is 0.0801. The second kappa shape index (κ2) is 8.63. The summed E-state index contributed by atoms with van der Waals surface area (Å²) < 4.78 is 5.49. The number of rotatable bonds is 7. The molecule has 5 heteroatoms. The van der Waals surface area contributed by atoms with Crippen molar-refractivity contribution in [1.29, 1.82) is 0 Å². The van der Waals surface area contributed by atoms with Crippen LogP contribution in [0.5, 0.6) is 5.75 Å². The molecule has 0 bridgehead atoms. The van der Waals surface area contributed by atoms with Gasteiger partial charge in [0.05, 0.1) is 18.1 Å². The van der Waals surface area contributed by atoms with Gasteiger partial charge in [0.2, 0.25) is 0 Å². The van der Waals surface area contributed by atoms with E-state index in [0.29, 0.717) is 17.9 Å². The molecule has 0 aliphatic carbocycles. The van der Waals surface area contributed by atoms with Crippen molar-refractivity contribution in [2.45, 2.75) is 18.9 Å². The third-order valence-electron chi connectivity index (χ3n) is 3.74. The highest BCUT2D eigenvalue weighted by Gasteiger charge is 2.13. The lowest BCUT2D eigenvalue weighted by Crippen LogP contribution is -2.03. The van der Waals surface area contributed by atoms with Crippen molar-refractivity contribution in [2.75, 3.05) is 12.4 Å². The zero-order valence-corrected chi connectivity index (χ0v) is 15.6. The minimum absolute atomic E-state index is 0.0801. The Labute approximate surface area is 157 Å². The van der Waals surface area contributed by atoms with E-state index in [1.54, 1.807) is 6.20 Å². The second-order valence-corrected chi connectivity index (χ2v) is 6.66. The topological polar surface area (TPSA) is 52.1 Å². The molecule has 0 aliphatic rings. The number of carbonyl (C=O) groups excluding carboxylic acids is 1. The predicted octanol–water partition coefficient (Wildman–Crippen LogP) is 4.83. The molecule has 0 fully saturated rings. The Hall–Kier alpha value is -2.66. The summed E-state index contributed by atoms with van der Waals surface area (Å²) in [7, 11) is 0. The van der Waals surface area contributed by atoms with Crippen LogP contribution < -0.4 is 4.74 Å². The number of aryl methyl sites for hydroxylation is 1. The molecule has 0 saturated heterocycles. The first-order valence-electron chi connectivity index (χ1n) is 8.45. The average Bonchev–Trinajstić information content (AvgIpc) is 2.68. The molecule has 2 aromatic carbocycles. The Morgan fingerprint density at radius 2 is 1.81 bits per heavy atom. The Kier molecular flexibility index (Phi) is 6.02. The number of benzene rings is 2. The van der Waals surface area contributed by atoms with Crippen molar-refractivity contribution in [1.82, 2.24) is 9.97 Å². The first kappa shape index (κ1) is 18.1. The summed E-state index contributed by atoms with van der Waals surface area (Å²) in [4.78, 5) is 21.5. The molecule has 26 heavy (non-hydrogen) atoms. The summed E-state index contributed by atoms with van der Waals surface area (Å²) in [5, 5.41) is 0.762. The number of Topliss-reactive ketones (excluding diaryl/α,β-unsaturated/α-hetero) is 1. The number of ether oxygens (including phenoxy) is 1. The van der Waals surface area contributed by atoms with Crippen molar-refractivity contribution in [3.05, 3.63) is 72.1 Å². The number of aromatic nitrogens is 2. The van der Waals surface area contributed by atoms with Crippen LogP contribution in [0.4, 0.5) is 0 Å². The van der Waals surface area contributed by atoms with Crippen LogP contribution in [0, 0.1) is 6.92 Å². The molecule has 1 heterocycles. The molecule has 0 amide bonds. The Morgan fingerprint density at radius 3 is 2.50 bits per heavy atom. The van der Waals surface area contributed by atoms with Crippen LogP contribution in [0.25, 0.3) is 11.3 Å². The number of hydrogen-bond donors (Lipinski definition) is 0. The number of carbonyl (C=O) groups is 1. The van der Waals surface area contributed by atoms with Gasteiger partial charge < -0.3 is 4.74 Å². The van der Waals surface area contributed by atoms with Crippen LogP contribution in [0.1, 0.15) is 23.0 Å². The van der Waals surface area contributed by atoms with Crippen LogP contribution in [-0.2, 0) is 0 Å². The fraction of sp³-hybridized carbons (Fsp3) is 0.190. The van der Waals surface area contributed by atoms with Crippen molar-refractivity contribution >= 4 is 17.5 Å². The first-order valence-corrected chi connectivity index (χ1v) is 9.44. The molecule has 132 valence electrons. The molecule has 0 radical (unpaired) electrons. The van der Waals surface area contributed by atoms with Crippen LogP contribution in [0.3, 0.4) is 0 Å². The molecule has 3 aromatic rings. The predicted molar refractivity (Wildman–Crippen MR) is 105 cm³/mol. The van der Waals surface area contributed by atoms with Crippen LogP contribution >= 0.6 is 11.8 Å². The summed E-state index contributed by atoms with van der Waals surface area (Å²) in [5.74, 6) is 1.23. The van der Waals surface area contributed by atoms with Crippen molar-refractivity contribution in [2.24, 2.45) is 0 Å². The fourth-order valence-electron chi connectivity index (χ4n) is 2.47. The standard InChI is InChI=1S/C21H20N2O2S/c1-3-25-18-11-9-17(10-12-18)20-21(23-15(2)13-22-20)26-14-19(24)16-7-5-4-6-8-16/h4-13H,3,14H2,1-2H3. The van der Waals surface area contributed by atoms with E-state index < -0.39 is 0 Å². The van der Waals surface area contributed by atoms with Crippen LogP contribution in [0.2, 0.25) is 0 Å². The van der Waals surface area contributed by atoms with Gasteiger partial charge in [-0.05, 0) is 38.1 Å². The largest absolute Gasteiger partial charge is 0.494 e. The van der Waals surface area contributed by atoms with Gasteiger partial charge in [-0.3, -0.25) is 9.78 Å². The van der Waals surface area contributed by atoms with E-state index in [1.807, 2.05) is 68.4 Å².